The molecule has 0 aromatic heterocycles. The summed E-state index contributed by atoms with van der Waals surface area (Å²) in [5.74, 6) is 0. The Morgan fingerprint density at radius 1 is 2.00 bits per heavy atom. The minimum atomic E-state index is -2.28. The Bertz CT molecular complexity index is 68.7. The monoisotopic (exact) mass is 132 g/mol. The third kappa shape index (κ3) is 9.05. The first kappa shape index (κ1) is 10.4. The van der Waals surface area contributed by atoms with Gasteiger partial charge in [0.25, 0.3) is 0 Å². The zero-order chi connectivity index (χ0) is 4.28. The molecule has 0 amide bonds. The quantitative estimate of drug-likeness (QED) is 0.175. The summed E-state index contributed by atoms with van der Waals surface area (Å²) in [6.07, 6.45) is 0. The Labute approximate surface area is 82.2 Å². The van der Waals surface area contributed by atoms with Crippen LogP contribution in [0.1, 0.15) is 1.43 Å². The second-order valence-corrected chi connectivity index (χ2v) is 1.14. The van der Waals surface area contributed by atoms with Crippen molar-refractivity contribution < 1.29 is 61.6 Å². The molecule has 0 aliphatic rings. The van der Waals surface area contributed by atoms with E-state index in [-0.39, 0.29) is 52.8 Å². The third-order valence-corrected chi connectivity index (χ3v) is 0.289. The summed E-state index contributed by atoms with van der Waals surface area (Å²) in [4.78, 5) is 0. The summed E-state index contributed by atoms with van der Waals surface area (Å²) in [5.41, 5.74) is 0.333. The maximum atomic E-state index is 9.12. The molecule has 0 rings (SSSR count). The minimum Gasteiger partial charge on any atom is -1.00 e. The van der Waals surface area contributed by atoms with E-state index in [1.54, 1.807) is 0 Å². The van der Waals surface area contributed by atoms with Crippen molar-refractivity contribution in [3.05, 3.63) is 0 Å². The van der Waals surface area contributed by atoms with Gasteiger partial charge in [-0.15, -0.1) is 0 Å². The van der Waals surface area contributed by atoms with Gasteiger partial charge in [0.15, 0.2) is 0 Å². The molecule has 0 aromatic rings. The predicted molar refractivity (Wildman–Crippen MR) is 18.8 cm³/mol. The maximum absolute atomic E-state index is 9.12. The fourth-order valence-electron chi connectivity index (χ4n) is 0. The van der Waals surface area contributed by atoms with Crippen LogP contribution in [0.25, 0.3) is 0 Å². The molecule has 0 heterocycles. The molecule has 0 aliphatic heterocycles. The van der Waals surface area contributed by atoms with Gasteiger partial charge >= 0.3 is 51.4 Å². The fraction of sp³-hybridized carbons (Fsp3) is 0. The Morgan fingerprint density at radius 2 is 2.17 bits per heavy atom. The molecule has 0 spiro atoms. The van der Waals surface area contributed by atoms with Gasteiger partial charge in [-0.3, -0.25) is 4.21 Å². The fourth-order valence-corrected chi connectivity index (χ4v) is 0. The first-order valence-electron chi connectivity index (χ1n) is 0.858. The van der Waals surface area contributed by atoms with Crippen molar-refractivity contribution >= 4 is 16.6 Å². The smallest absolute Gasteiger partial charge is 1.00 e. The standard InChI is InChI=1S/CH3NO2S.K.H/c2-1-5(3)4;;/h1-2H,(H,3,4);;/q;+1;-1/p-1. The van der Waals surface area contributed by atoms with Crippen molar-refractivity contribution in [2.24, 2.45) is 0 Å². The molecule has 0 saturated carbocycles. The SMILES string of the molecule is N=CS(=O)[O-].[H-].[K+]. The van der Waals surface area contributed by atoms with Crippen molar-refractivity contribution in [3.63, 3.8) is 0 Å². The summed E-state index contributed by atoms with van der Waals surface area (Å²) in [7, 11) is 0. The Hall–Kier alpha value is 1.42. The Balaban J connectivity index is -0.0000000800. The predicted octanol–water partition coefficient (Wildman–Crippen LogP) is -3.41. The average molecular weight is 132 g/mol. The molecule has 0 aliphatic carbocycles. The molecule has 5 heteroatoms. The van der Waals surface area contributed by atoms with E-state index in [1.807, 2.05) is 0 Å². The largest absolute Gasteiger partial charge is 1.00 e. The number of rotatable bonds is 1. The molecular weight excluding hydrogens is 129 g/mol. The van der Waals surface area contributed by atoms with E-state index >= 15 is 0 Å². The molecule has 3 nitrogen and oxygen atoms in total. The van der Waals surface area contributed by atoms with Crippen LogP contribution in [-0.4, -0.2) is 14.3 Å². The van der Waals surface area contributed by atoms with E-state index in [4.69, 9.17) is 14.2 Å². The van der Waals surface area contributed by atoms with E-state index in [1.165, 1.54) is 0 Å². The van der Waals surface area contributed by atoms with Crippen molar-refractivity contribution in [1.82, 2.24) is 0 Å². The second kappa shape index (κ2) is 6.42. The van der Waals surface area contributed by atoms with Gasteiger partial charge in [0.05, 0.1) is 5.55 Å². The summed E-state index contributed by atoms with van der Waals surface area (Å²) in [6, 6.07) is 0. The summed E-state index contributed by atoms with van der Waals surface area (Å²) < 4.78 is 18.2. The van der Waals surface area contributed by atoms with E-state index < -0.39 is 11.1 Å². The zero-order valence-corrected chi connectivity index (χ0v) is 7.24. The number of nitrogens with one attached hydrogen (secondary N) is 1. The van der Waals surface area contributed by atoms with Crippen molar-refractivity contribution in [2.45, 2.75) is 0 Å². The molecule has 0 radical (unpaired) electrons. The van der Waals surface area contributed by atoms with Gasteiger partial charge in [0, 0.05) is 0 Å². The van der Waals surface area contributed by atoms with E-state index in [0.717, 1.165) is 0 Å². The molecule has 6 heavy (non-hydrogen) atoms. The van der Waals surface area contributed by atoms with E-state index in [2.05, 4.69) is 0 Å². The van der Waals surface area contributed by atoms with Crippen molar-refractivity contribution in [3.8, 4) is 0 Å². The van der Waals surface area contributed by atoms with Gasteiger partial charge in [-0.25, -0.2) is 0 Å². The van der Waals surface area contributed by atoms with Crippen LogP contribution in [0.3, 0.4) is 0 Å². The van der Waals surface area contributed by atoms with Crippen LogP contribution in [0, 0.1) is 5.41 Å². The molecule has 1 N–H and O–H groups in total. The van der Waals surface area contributed by atoms with Crippen molar-refractivity contribution in [2.75, 3.05) is 0 Å². The van der Waals surface area contributed by atoms with Gasteiger partial charge in [0.1, 0.15) is 0 Å². The van der Waals surface area contributed by atoms with Gasteiger partial charge in [-0.05, 0) is 11.1 Å². The van der Waals surface area contributed by atoms with E-state index in [0.29, 0.717) is 5.55 Å². The second-order valence-electron chi connectivity index (χ2n) is 0.378. The van der Waals surface area contributed by atoms with E-state index in [9.17, 15) is 0 Å². The molecule has 1 atom stereocenters. The molecule has 32 valence electrons. The Morgan fingerprint density at radius 3 is 2.17 bits per heavy atom. The molecule has 0 saturated heterocycles. The first-order valence-corrected chi connectivity index (χ1v) is 2.00. The van der Waals surface area contributed by atoms with Crippen LogP contribution in [-0.2, 0) is 11.1 Å². The van der Waals surface area contributed by atoms with Crippen LogP contribution in [0.5, 0.6) is 0 Å². The van der Waals surface area contributed by atoms with Crippen LogP contribution in [0.15, 0.2) is 0 Å². The van der Waals surface area contributed by atoms with Crippen LogP contribution < -0.4 is 51.4 Å². The van der Waals surface area contributed by atoms with Crippen LogP contribution in [0.2, 0.25) is 0 Å². The molecule has 0 bridgehead atoms. The van der Waals surface area contributed by atoms with Crippen LogP contribution in [0.4, 0.5) is 0 Å². The Kier molecular flexibility index (Phi) is 11.1. The van der Waals surface area contributed by atoms with Gasteiger partial charge < -0.3 is 11.4 Å². The molecular formula is CH3KNO2S-. The molecule has 0 aromatic carbocycles. The molecule has 1 unspecified atom stereocenters. The van der Waals surface area contributed by atoms with Gasteiger partial charge in [-0.2, -0.15) is 0 Å². The average Bonchev–Trinajstić information content (AvgIpc) is 1.38. The van der Waals surface area contributed by atoms with Gasteiger partial charge in [0.2, 0.25) is 0 Å². The minimum absolute atomic E-state index is 0. The van der Waals surface area contributed by atoms with Crippen molar-refractivity contribution in [1.29, 1.82) is 5.41 Å². The maximum Gasteiger partial charge on any atom is 1.00 e. The molecule has 0 fully saturated rings. The summed E-state index contributed by atoms with van der Waals surface area (Å²) in [6.45, 7) is 0. The van der Waals surface area contributed by atoms with Gasteiger partial charge in [-0.1, -0.05) is 0 Å². The summed E-state index contributed by atoms with van der Waals surface area (Å²) >= 11 is -2.28. The van der Waals surface area contributed by atoms with Crippen LogP contribution >= 0.6 is 0 Å². The zero-order valence-electron chi connectivity index (χ0n) is 4.30. The first-order chi connectivity index (χ1) is 2.27. The number of hydrogen-bond donors (Lipinski definition) is 1. The summed E-state index contributed by atoms with van der Waals surface area (Å²) in [5, 5.41) is 5.92. The topological polar surface area (TPSA) is 64.0 Å². The normalized spacial score (nSPS) is 11.5. The number of hydrogen-bond acceptors (Lipinski definition) is 3. The third-order valence-electron chi connectivity index (χ3n) is 0.0962.